The van der Waals surface area contributed by atoms with Gasteiger partial charge in [0.05, 0.1) is 20.3 Å². The normalized spacial score (nSPS) is 26.9. The van der Waals surface area contributed by atoms with Gasteiger partial charge in [0.2, 0.25) is 5.90 Å². The first-order valence-corrected chi connectivity index (χ1v) is 9.45. The van der Waals surface area contributed by atoms with Crippen LogP contribution >= 0.6 is 0 Å². The Labute approximate surface area is 164 Å². The molecule has 28 heavy (non-hydrogen) atoms. The summed E-state index contributed by atoms with van der Waals surface area (Å²) in [6.45, 7) is 3.32. The number of rotatable bonds is 3. The van der Waals surface area contributed by atoms with Crippen LogP contribution in [-0.2, 0) is 28.6 Å². The van der Waals surface area contributed by atoms with Gasteiger partial charge in [0.1, 0.15) is 11.1 Å². The number of nitrogens with zero attached hydrogens (tertiary/aromatic N) is 1. The molecule has 1 atom stereocenters. The Hall–Kier alpha value is -2.70. The lowest BCUT2D eigenvalue weighted by Gasteiger charge is -2.31. The van der Waals surface area contributed by atoms with E-state index in [9.17, 15) is 14.4 Å². The highest BCUT2D eigenvalue weighted by atomic mass is 16.6. The van der Waals surface area contributed by atoms with Crippen molar-refractivity contribution in [1.29, 1.82) is 0 Å². The lowest BCUT2D eigenvalue weighted by Crippen LogP contribution is -2.38. The molecule has 3 rings (SSSR count). The molecule has 7 heteroatoms. The first kappa shape index (κ1) is 20.0. The molecule has 150 valence electrons. The van der Waals surface area contributed by atoms with E-state index >= 15 is 0 Å². The van der Waals surface area contributed by atoms with Gasteiger partial charge < -0.3 is 14.2 Å². The van der Waals surface area contributed by atoms with Crippen molar-refractivity contribution in [3.63, 3.8) is 0 Å². The van der Waals surface area contributed by atoms with Gasteiger partial charge in [0, 0.05) is 0 Å². The molecule has 0 aromatic heterocycles. The molecular formula is C21H25NO6. The number of carbonyl (C=O) groups is 3. The molecule has 0 aromatic carbocycles. The fraction of sp³-hybridized carbons (Fsp3) is 0.524. The van der Waals surface area contributed by atoms with E-state index in [1.165, 1.54) is 20.3 Å². The van der Waals surface area contributed by atoms with Gasteiger partial charge >= 0.3 is 11.9 Å². The molecule has 0 bridgehead atoms. The molecule has 0 radical (unpaired) electrons. The average Bonchev–Trinajstić information content (AvgIpc) is 3.00. The molecule has 0 amide bonds. The van der Waals surface area contributed by atoms with Gasteiger partial charge in [0.25, 0.3) is 0 Å². The number of methoxy groups -OCH3 is 2. The van der Waals surface area contributed by atoms with Crippen molar-refractivity contribution in [2.75, 3.05) is 14.2 Å². The van der Waals surface area contributed by atoms with Gasteiger partial charge in [-0.25, -0.2) is 14.6 Å². The molecule has 1 spiro atoms. The summed E-state index contributed by atoms with van der Waals surface area (Å²) < 4.78 is 16.0. The molecule has 7 nitrogen and oxygen atoms in total. The van der Waals surface area contributed by atoms with Crippen LogP contribution in [0.5, 0.6) is 0 Å². The van der Waals surface area contributed by atoms with E-state index < -0.39 is 17.5 Å². The summed E-state index contributed by atoms with van der Waals surface area (Å²) in [5.74, 6) is -1.54. The van der Waals surface area contributed by atoms with Crippen LogP contribution < -0.4 is 0 Å². The van der Waals surface area contributed by atoms with Crippen LogP contribution in [0.15, 0.2) is 39.4 Å². The van der Waals surface area contributed by atoms with E-state index in [1.807, 2.05) is 0 Å². The zero-order valence-corrected chi connectivity index (χ0v) is 16.7. The van der Waals surface area contributed by atoms with Crippen LogP contribution in [0.25, 0.3) is 0 Å². The number of ketones is 1. The maximum atomic E-state index is 12.7. The van der Waals surface area contributed by atoms with Crippen molar-refractivity contribution in [2.24, 2.45) is 4.99 Å². The monoisotopic (exact) mass is 387 g/mol. The number of hydrogen-bond acceptors (Lipinski definition) is 7. The van der Waals surface area contributed by atoms with Crippen molar-refractivity contribution < 1.29 is 28.6 Å². The molecule has 3 aliphatic rings. The van der Waals surface area contributed by atoms with Gasteiger partial charge in [-0.15, -0.1) is 0 Å². The van der Waals surface area contributed by atoms with E-state index in [1.54, 1.807) is 19.9 Å². The molecule has 0 saturated heterocycles. The van der Waals surface area contributed by atoms with Crippen LogP contribution in [0.1, 0.15) is 46.0 Å². The van der Waals surface area contributed by atoms with Crippen molar-refractivity contribution in [1.82, 2.24) is 0 Å². The molecule has 0 aromatic rings. The standard InChI is InChI=1S/C21H25NO6/c1-12-11-21(13(2)10-15(12)23)17(20(25)27-4)16(19(24)26-3)18(28-21)22-14-8-6-5-7-9-14/h10-11,14H,5-9H2,1-4H3. The Balaban J connectivity index is 2.22. The predicted molar refractivity (Wildman–Crippen MR) is 102 cm³/mol. The van der Waals surface area contributed by atoms with Crippen LogP contribution in [0.2, 0.25) is 0 Å². The minimum absolute atomic E-state index is 0.00277. The molecule has 1 heterocycles. The van der Waals surface area contributed by atoms with Gasteiger partial charge in [-0.05, 0) is 50.0 Å². The zero-order chi connectivity index (χ0) is 20.5. The number of aliphatic imine (C=N–C) groups is 1. The fourth-order valence-corrected chi connectivity index (χ4v) is 3.95. The summed E-state index contributed by atoms with van der Waals surface area (Å²) >= 11 is 0. The van der Waals surface area contributed by atoms with Crippen molar-refractivity contribution in [3.05, 3.63) is 34.4 Å². The second-order valence-corrected chi connectivity index (χ2v) is 7.32. The highest BCUT2D eigenvalue weighted by molar-refractivity contribution is 6.25. The molecule has 1 fully saturated rings. The smallest absolute Gasteiger partial charge is 0.344 e. The number of carbonyl (C=O) groups excluding carboxylic acids is 3. The Morgan fingerprint density at radius 2 is 1.75 bits per heavy atom. The molecule has 1 saturated carbocycles. The van der Waals surface area contributed by atoms with Gasteiger partial charge in [-0.1, -0.05) is 19.3 Å². The Morgan fingerprint density at radius 1 is 1.11 bits per heavy atom. The highest BCUT2D eigenvalue weighted by Crippen LogP contribution is 2.44. The Kier molecular flexibility index (Phi) is 5.54. The third kappa shape index (κ3) is 3.30. The summed E-state index contributed by atoms with van der Waals surface area (Å²) in [7, 11) is 2.47. The number of allylic oxidation sites excluding steroid dienone is 2. The van der Waals surface area contributed by atoms with Crippen LogP contribution in [-0.4, -0.2) is 49.5 Å². The minimum Gasteiger partial charge on any atom is -0.466 e. The Morgan fingerprint density at radius 3 is 2.36 bits per heavy atom. The largest absolute Gasteiger partial charge is 0.466 e. The van der Waals surface area contributed by atoms with Crippen LogP contribution in [0, 0.1) is 0 Å². The summed E-state index contributed by atoms with van der Waals surface area (Å²) in [4.78, 5) is 42.1. The second-order valence-electron chi connectivity index (χ2n) is 7.32. The van der Waals surface area contributed by atoms with Crippen LogP contribution in [0.3, 0.4) is 0 Å². The van der Waals surface area contributed by atoms with Gasteiger partial charge in [-0.2, -0.15) is 0 Å². The average molecular weight is 387 g/mol. The summed E-state index contributed by atoms with van der Waals surface area (Å²) in [5, 5.41) is 0. The van der Waals surface area contributed by atoms with E-state index in [-0.39, 0.29) is 28.9 Å². The maximum absolute atomic E-state index is 12.7. The quantitative estimate of drug-likeness (QED) is 0.692. The van der Waals surface area contributed by atoms with Crippen molar-refractivity contribution in [2.45, 2.75) is 57.6 Å². The third-order valence-corrected chi connectivity index (χ3v) is 5.49. The minimum atomic E-state index is -1.40. The number of hydrogen-bond donors (Lipinski definition) is 0. The van der Waals surface area contributed by atoms with E-state index in [0.29, 0.717) is 11.1 Å². The predicted octanol–water partition coefficient (Wildman–Crippen LogP) is 2.60. The molecule has 0 N–H and O–H groups in total. The SMILES string of the molecule is COC(=O)C1=C(C(=O)OC)C2(C=C(C)C(=O)C=C2C)OC1=NC1CCCCC1. The highest BCUT2D eigenvalue weighted by Gasteiger charge is 2.54. The van der Waals surface area contributed by atoms with Gasteiger partial charge in [0.15, 0.2) is 11.4 Å². The first-order chi connectivity index (χ1) is 13.3. The summed E-state index contributed by atoms with van der Waals surface area (Å²) in [6, 6.07) is 0.0111. The number of ether oxygens (including phenoxy) is 3. The molecule has 1 unspecified atom stereocenters. The topological polar surface area (TPSA) is 91.3 Å². The lowest BCUT2D eigenvalue weighted by atomic mass is 9.79. The van der Waals surface area contributed by atoms with Crippen LogP contribution in [0.4, 0.5) is 0 Å². The van der Waals surface area contributed by atoms with E-state index in [0.717, 1.165) is 32.1 Å². The van der Waals surface area contributed by atoms with E-state index in [4.69, 9.17) is 14.2 Å². The maximum Gasteiger partial charge on any atom is 0.344 e. The third-order valence-electron chi connectivity index (χ3n) is 5.49. The van der Waals surface area contributed by atoms with Crippen molar-refractivity contribution in [3.8, 4) is 0 Å². The fourth-order valence-electron chi connectivity index (χ4n) is 3.95. The molecule has 2 aliphatic carbocycles. The second kappa shape index (κ2) is 7.73. The number of esters is 2. The van der Waals surface area contributed by atoms with Crippen molar-refractivity contribution >= 4 is 23.6 Å². The summed E-state index contributed by atoms with van der Waals surface area (Å²) in [6.07, 6.45) is 8.03. The Bertz CT molecular complexity index is 841. The zero-order valence-electron chi connectivity index (χ0n) is 16.7. The van der Waals surface area contributed by atoms with E-state index in [2.05, 4.69) is 4.99 Å². The van der Waals surface area contributed by atoms with Gasteiger partial charge in [-0.3, -0.25) is 4.79 Å². The molecule has 1 aliphatic heterocycles. The first-order valence-electron chi connectivity index (χ1n) is 9.45. The lowest BCUT2D eigenvalue weighted by molar-refractivity contribution is -0.139. The molecular weight excluding hydrogens is 362 g/mol. The summed E-state index contributed by atoms with van der Waals surface area (Å²) in [5.41, 5.74) is -0.542.